The molecule has 2 unspecified atom stereocenters. The molecule has 0 aliphatic carbocycles. The quantitative estimate of drug-likeness (QED) is 0.296. The van der Waals surface area contributed by atoms with Crippen molar-refractivity contribution in [2.24, 2.45) is 16.2 Å². The van der Waals surface area contributed by atoms with Crippen LogP contribution in [-0.2, 0) is 0 Å². The van der Waals surface area contributed by atoms with Crippen molar-refractivity contribution >= 4 is 5.82 Å². The van der Waals surface area contributed by atoms with E-state index in [2.05, 4.69) is 38.5 Å². The average molecular weight is 380 g/mol. The standard InChI is InChI=1S/C23H20N6/c24-29-28-21-13-6-12-20(27-21)23(18-10-7-14-25-16-18)22(17-8-2-1-3-9-17)19-11-4-5-15-26-19/h1-16,22-23H,(H2,24,27,28). The molecule has 4 rings (SSSR count). The van der Waals surface area contributed by atoms with Gasteiger partial charge in [0.2, 0.25) is 0 Å². The van der Waals surface area contributed by atoms with Gasteiger partial charge in [0, 0.05) is 36.1 Å². The predicted molar refractivity (Wildman–Crippen MR) is 112 cm³/mol. The number of aromatic nitrogens is 3. The van der Waals surface area contributed by atoms with Crippen LogP contribution in [0.5, 0.6) is 0 Å². The van der Waals surface area contributed by atoms with Crippen molar-refractivity contribution in [3.63, 3.8) is 0 Å². The van der Waals surface area contributed by atoms with Crippen molar-refractivity contribution in [3.8, 4) is 0 Å². The third-order valence-corrected chi connectivity index (χ3v) is 4.78. The number of benzene rings is 1. The maximum atomic E-state index is 5.24. The zero-order chi connectivity index (χ0) is 19.9. The Kier molecular flexibility index (Phi) is 5.62. The van der Waals surface area contributed by atoms with Gasteiger partial charge in [-0.25, -0.2) is 4.98 Å². The number of rotatable bonds is 6. The molecule has 6 nitrogen and oxygen atoms in total. The summed E-state index contributed by atoms with van der Waals surface area (Å²) in [5.41, 5.74) is 4.00. The number of hydrogen-bond donors (Lipinski definition) is 1. The van der Waals surface area contributed by atoms with Crippen molar-refractivity contribution in [2.75, 3.05) is 0 Å². The van der Waals surface area contributed by atoms with Crippen LogP contribution in [0.2, 0.25) is 0 Å². The van der Waals surface area contributed by atoms with Gasteiger partial charge in [0.1, 0.15) is 0 Å². The van der Waals surface area contributed by atoms with Crippen LogP contribution in [0, 0.1) is 0 Å². The molecule has 6 heteroatoms. The van der Waals surface area contributed by atoms with E-state index in [1.54, 1.807) is 12.3 Å². The molecule has 3 heterocycles. The summed E-state index contributed by atoms with van der Waals surface area (Å²) in [7, 11) is 0. The maximum Gasteiger partial charge on any atom is 0.176 e. The minimum absolute atomic E-state index is 0.0563. The van der Waals surface area contributed by atoms with E-state index in [0.29, 0.717) is 5.82 Å². The molecule has 0 saturated heterocycles. The highest BCUT2D eigenvalue weighted by Gasteiger charge is 2.30. The van der Waals surface area contributed by atoms with Crippen molar-refractivity contribution < 1.29 is 0 Å². The number of pyridine rings is 3. The highest BCUT2D eigenvalue weighted by molar-refractivity contribution is 5.42. The summed E-state index contributed by atoms with van der Waals surface area (Å²) in [4.78, 5) is 13.7. The number of nitrogens with zero attached hydrogens (tertiary/aromatic N) is 5. The molecule has 0 bridgehead atoms. The fourth-order valence-electron chi connectivity index (χ4n) is 3.58. The Hall–Kier alpha value is -3.93. The van der Waals surface area contributed by atoms with E-state index in [9.17, 15) is 0 Å². The third-order valence-electron chi connectivity index (χ3n) is 4.78. The lowest BCUT2D eigenvalue weighted by Crippen LogP contribution is -2.17. The Morgan fingerprint density at radius 1 is 0.690 bits per heavy atom. The first-order chi connectivity index (χ1) is 14.4. The molecule has 0 saturated carbocycles. The second kappa shape index (κ2) is 8.84. The van der Waals surface area contributed by atoms with Crippen molar-refractivity contribution in [1.29, 1.82) is 0 Å². The van der Waals surface area contributed by atoms with Gasteiger partial charge in [0.15, 0.2) is 5.82 Å². The lowest BCUT2D eigenvalue weighted by Gasteiger charge is -2.27. The Morgan fingerprint density at radius 2 is 1.45 bits per heavy atom. The second-order valence-corrected chi connectivity index (χ2v) is 6.54. The van der Waals surface area contributed by atoms with Crippen LogP contribution in [-0.4, -0.2) is 15.0 Å². The van der Waals surface area contributed by atoms with Crippen LogP contribution in [0.15, 0.2) is 108 Å². The molecular weight excluding hydrogens is 360 g/mol. The van der Waals surface area contributed by atoms with Gasteiger partial charge in [-0.05, 0) is 41.5 Å². The molecule has 2 atom stereocenters. The summed E-state index contributed by atoms with van der Waals surface area (Å²) >= 11 is 0. The van der Waals surface area contributed by atoms with Crippen LogP contribution >= 0.6 is 0 Å². The first-order valence-electron chi connectivity index (χ1n) is 9.30. The van der Waals surface area contributed by atoms with Gasteiger partial charge in [-0.1, -0.05) is 53.8 Å². The highest BCUT2D eigenvalue weighted by atomic mass is 15.3. The summed E-state index contributed by atoms with van der Waals surface area (Å²) in [5.74, 6) is 5.53. The maximum absolute atomic E-state index is 5.24. The Balaban J connectivity index is 1.94. The summed E-state index contributed by atoms with van der Waals surface area (Å²) in [6.45, 7) is 0. The fraction of sp³-hybridized carbons (Fsp3) is 0.0870. The Labute approximate surface area is 169 Å². The zero-order valence-corrected chi connectivity index (χ0v) is 15.7. The van der Waals surface area contributed by atoms with Crippen molar-refractivity contribution in [2.45, 2.75) is 11.8 Å². The smallest absolute Gasteiger partial charge is 0.176 e. The topological polar surface area (TPSA) is 89.4 Å². The van der Waals surface area contributed by atoms with Crippen LogP contribution in [0.25, 0.3) is 0 Å². The predicted octanol–water partition coefficient (Wildman–Crippen LogP) is 4.79. The van der Waals surface area contributed by atoms with Crippen molar-refractivity contribution in [3.05, 3.63) is 120 Å². The largest absolute Gasteiger partial charge is 0.305 e. The molecule has 0 aliphatic rings. The lowest BCUT2D eigenvalue weighted by atomic mass is 9.77. The molecule has 29 heavy (non-hydrogen) atoms. The molecule has 0 aliphatic heterocycles. The number of hydrogen-bond acceptors (Lipinski definition) is 5. The lowest BCUT2D eigenvalue weighted by molar-refractivity contribution is 0.655. The van der Waals surface area contributed by atoms with Gasteiger partial charge in [-0.2, -0.15) is 0 Å². The van der Waals surface area contributed by atoms with Gasteiger partial charge in [-0.15, -0.1) is 5.11 Å². The van der Waals surface area contributed by atoms with E-state index in [1.807, 2.05) is 67.0 Å². The molecule has 2 N–H and O–H groups in total. The fourth-order valence-corrected chi connectivity index (χ4v) is 3.58. The SMILES string of the molecule is NN=Nc1cccc(C(c2cccnc2)C(c2ccccc2)c2ccccn2)n1. The molecule has 1 aromatic carbocycles. The molecule has 4 aromatic rings. The summed E-state index contributed by atoms with van der Waals surface area (Å²) < 4.78 is 0. The van der Waals surface area contributed by atoms with Gasteiger partial charge in [-0.3, -0.25) is 9.97 Å². The number of nitrogens with two attached hydrogens (primary N) is 1. The summed E-state index contributed by atoms with van der Waals surface area (Å²) in [6.07, 6.45) is 5.46. The molecular formula is C23H20N6. The van der Waals surface area contributed by atoms with E-state index in [0.717, 1.165) is 22.5 Å². The monoisotopic (exact) mass is 380 g/mol. The van der Waals surface area contributed by atoms with E-state index >= 15 is 0 Å². The van der Waals surface area contributed by atoms with Gasteiger partial charge in [0.05, 0.1) is 5.69 Å². The average Bonchev–Trinajstić information content (AvgIpc) is 2.79. The van der Waals surface area contributed by atoms with E-state index in [4.69, 9.17) is 10.8 Å². The first-order valence-corrected chi connectivity index (χ1v) is 9.30. The van der Waals surface area contributed by atoms with Crippen LogP contribution in [0.1, 0.15) is 34.4 Å². The first kappa shape index (κ1) is 18.4. The molecule has 142 valence electrons. The minimum Gasteiger partial charge on any atom is -0.305 e. The molecule has 0 spiro atoms. The van der Waals surface area contributed by atoms with Crippen molar-refractivity contribution in [1.82, 2.24) is 15.0 Å². The van der Waals surface area contributed by atoms with Crippen LogP contribution < -0.4 is 5.84 Å². The summed E-state index contributed by atoms with van der Waals surface area (Å²) in [6, 6.07) is 26.0. The molecule has 0 amide bonds. The third kappa shape index (κ3) is 4.16. The second-order valence-electron chi connectivity index (χ2n) is 6.54. The zero-order valence-electron chi connectivity index (χ0n) is 15.7. The molecule has 0 fully saturated rings. The Morgan fingerprint density at radius 3 is 2.17 bits per heavy atom. The highest BCUT2D eigenvalue weighted by Crippen LogP contribution is 2.41. The van der Waals surface area contributed by atoms with E-state index in [-0.39, 0.29) is 11.8 Å². The van der Waals surface area contributed by atoms with E-state index < -0.39 is 0 Å². The molecule has 3 aromatic heterocycles. The Bertz CT molecular complexity index is 1030. The van der Waals surface area contributed by atoms with Gasteiger partial charge >= 0.3 is 0 Å². The normalized spacial score (nSPS) is 13.2. The van der Waals surface area contributed by atoms with Gasteiger partial charge in [0.25, 0.3) is 0 Å². The van der Waals surface area contributed by atoms with E-state index in [1.165, 1.54) is 0 Å². The minimum atomic E-state index is -0.117. The molecule has 0 radical (unpaired) electrons. The summed E-state index contributed by atoms with van der Waals surface area (Å²) in [5, 5.41) is 7.29. The van der Waals surface area contributed by atoms with Crippen LogP contribution in [0.4, 0.5) is 5.82 Å². The van der Waals surface area contributed by atoms with Gasteiger partial charge < -0.3 is 5.84 Å². The van der Waals surface area contributed by atoms with Crippen LogP contribution in [0.3, 0.4) is 0 Å².